The summed E-state index contributed by atoms with van der Waals surface area (Å²) in [4.78, 5) is 10.6. The maximum Gasteiger partial charge on any atom is 0.274 e. The molecule has 3 aliphatic rings. The lowest BCUT2D eigenvalue weighted by Crippen LogP contribution is -2.56. The number of hydrogen-bond acceptors (Lipinski definition) is 9. The number of rotatable bonds is 5. The topological polar surface area (TPSA) is 116 Å². The van der Waals surface area contributed by atoms with Gasteiger partial charge < -0.3 is 28.2 Å². The van der Waals surface area contributed by atoms with Gasteiger partial charge >= 0.3 is 0 Å². The number of non-ortho nitro benzene ring substituents is 1. The first-order chi connectivity index (χ1) is 16.5. The SMILES string of the molecule is CC1(C)O[C@H]2[C@@H]([C@H]3COC(C)(C)O3)OP(=O)(c3ccccc3)[C@@H](Oc3ccc([N+](=O)[O-])cc3)[C@H]2O1. The molecule has 2 aromatic rings. The Morgan fingerprint density at radius 3 is 2.17 bits per heavy atom. The largest absolute Gasteiger partial charge is 0.477 e. The summed E-state index contributed by atoms with van der Waals surface area (Å²) in [5, 5.41) is 11.5. The van der Waals surface area contributed by atoms with E-state index in [0.29, 0.717) is 11.1 Å². The third kappa shape index (κ3) is 4.62. The molecule has 2 aromatic carbocycles. The summed E-state index contributed by atoms with van der Waals surface area (Å²) in [5.74, 6) is -2.58. The van der Waals surface area contributed by atoms with Gasteiger partial charge in [-0.2, -0.15) is 0 Å². The summed E-state index contributed by atoms with van der Waals surface area (Å²) >= 11 is 0. The van der Waals surface area contributed by atoms with Crippen molar-refractivity contribution >= 4 is 18.4 Å². The molecule has 0 N–H and O–H groups in total. The number of fused-ring (bicyclic) bond motifs is 1. The predicted molar refractivity (Wildman–Crippen MR) is 125 cm³/mol. The van der Waals surface area contributed by atoms with Crippen LogP contribution in [0.5, 0.6) is 5.75 Å². The summed E-state index contributed by atoms with van der Waals surface area (Å²) in [6, 6.07) is 14.4. The van der Waals surface area contributed by atoms with E-state index in [4.69, 9.17) is 28.2 Å². The first-order valence-corrected chi connectivity index (χ1v) is 13.1. The average molecular weight is 505 g/mol. The van der Waals surface area contributed by atoms with Crippen LogP contribution in [0.25, 0.3) is 0 Å². The summed E-state index contributed by atoms with van der Waals surface area (Å²) in [7, 11) is -3.75. The van der Waals surface area contributed by atoms with Gasteiger partial charge in [-0.3, -0.25) is 14.7 Å². The standard InChI is InChI=1S/C24H28NO9P/c1-23(2)29-14-18(31-23)19-20-21(33-24(3,4)32-20)22(30-16-12-10-15(11-13-16)25(26)27)35(28,34-19)17-8-6-5-7-9-17/h5-13,18-22H,14H2,1-4H3/t18-,19-,20+,21+,22-,35?/m1/s1. The van der Waals surface area contributed by atoms with Crippen LogP contribution < -0.4 is 10.0 Å². The van der Waals surface area contributed by atoms with Crippen LogP contribution in [0.1, 0.15) is 27.7 Å². The van der Waals surface area contributed by atoms with Crippen molar-refractivity contribution in [1.82, 2.24) is 0 Å². The van der Waals surface area contributed by atoms with E-state index in [9.17, 15) is 14.7 Å². The van der Waals surface area contributed by atoms with E-state index in [1.54, 1.807) is 52.0 Å². The van der Waals surface area contributed by atoms with E-state index >= 15 is 0 Å². The lowest BCUT2D eigenvalue weighted by molar-refractivity contribution is -0.384. The van der Waals surface area contributed by atoms with E-state index in [1.165, 1.54) is 24.3 Å². The molecule has 3 fully saturated rings. The Hall–Kier alpha value is -2.33. The second-order valence-electron chi connectivity index (χ2n) is 9.69. The maximum atomic E-state index is 14.7. The van der Waals surface area contributed by atoms with Crippen LogP contribution in [0.2, 0.25) is 0 Å². The van der Waals surface area contributed by atoms with Crippen molar-refractivity contribution in [2.24, 2.45) is 0 Å². The van der Waals surface area contributed by atoms with E-state index < -0.39 is 54.1 Å². The molecule has 0 bridgehead atoms. The van der Waals surface area contributed by atoms with Gasteiger partial charge in [0.2, 0.25) is 5.85 Å². The molecule has 1 unspecified atom stereocenters. The third-order valence-electron chi connectivity index (χ3n) is 6.20. The van der Waals surface area contributed by atoms with Gasteiger partial charge in [-0.15, -0.1) is 0 Å². The van der Waals surface area contributed by atoms with Crippen LogP contribution in [-0.4, -0.2) is 53.4 Å². The molecule has 0 aliphatic carbocycles. The second-order valence-corrected chi connectivity index (χ2v) is 12.1. The number of ether oxygens (including phenoxy) is 5. The molecule has 3 heterocycles. The van der Waals surface area contributed by atoms with E-state index in [2.05, 4.69) is 0 Å². The second kappa shape index (κ2) is 8.65. The zero-order chi connectivity index (χ0) is 25.0. The minimum Gasteiger partial charge on any atom is -0.477 e. The number of hydrogen-bond donors (Lipinski definition) is 0. The van der Waals surface area contributed by atoms with Crippen LogP contribution in [0.15, 0.2) is 54.6 Å². The monoisotopic (exact) mass is 505 g/mol. The summed E-state index contributed by atoms with van der Waals surface area (Å²) in [6.45, 7) is 7.40. The fourth-order valence-corrected chi connectivity index (χ4v) is 7.33. The minimum atomic E-state index is -3.75. The summed E-state index contributed by atoms with van der Waals surface area (Å²) < 4.78 is 51.7. The number of benzene rings is 2. The van der Waals surface area contributed by atoms with Gasteiger partial charge in [0.1, 0.15) is 30.2 Å². The molecule has 3 saturated heterocycles. The first-order valence-electron chi connectivity index (χ1n) is 11.4. The number of nitrogens with zero attached hydrogens (tertiary/aromatic N) is 1. The zero-order valence-electron chi connectivity index (χ0n) is 19.9. The Bertz CT molecular complexity index is 1140. The Balaban J connectivity index is 1.56. The minimum absolute atomic E-state index is 0.0796. The Morgan fingerprint density at radius 2 is 1.57 bits per heavy atom. The highest BCUT2D eigenvalue weighted by atomic mass is 31.2. The highest BCUT2D eigenvalue weighted by molar-refractivity contribution is 7.67. The van der Waals surface area contributed by atoms with Crippen LogP contribution in [0.4, 0.5) is 5.69 Å². The average Bonchev–Trinajstić information content (AvgIpc) is 3.34. The Kier molecular flexibility index (Phi) is 6.03. The molecule has 0 amide bonds. The van der Waals surface area contributed by atoms with Crippen molar-refractivity contribution in [2.75, 3.05) is 6.61 Å². The molecule has 11 heteroatoms. The maximum absolute atomic E-state index is 14.7. The van der Waals surface area contributed by atoms with Gasteiger partial charge in [0.05, 0.1) is 11.5 Å². The summed E-state index contributed by atoms with van der Waals surface area (Å²) in [5.41, 5.74) is -0.0796. The molecule has 5 rings (SSSR count). The fraction of sp³-hybridized carbons (Fsp3) is 0.500. The molecule has 10 nitrogen and oxygen atoms in total. The van der Waals surface area contributed by atoms with Crippen LogP contribution in [-0.2, 0) is 28.0 Å². The molecule has 0 aromatic heterocycles. The molecule has 0 radical (unpaired) electrons. The van der Waals surface area contributed by atoms with Crippen molar-refractivity contribution < 1.29 is 37.7 Å². The van der Waals surface area contributed by atoms with E-state index in [-0.39, 0.29) is 12.3 Å². The first kappa shape index (κ1) is 24.4. The van der Waals surface area contributed by atoms with Crippen molar-refractivity contribution in [3.63, 3.8) is 0 Å². The lowest BCUT2D eigenvalue weighted by atomic mass is 10.0. The molecule has 0 spiro atoms. The number of nitro groups is 1. The van der Waals surface area contributed by atoms with Crippen molar-refractivity contribution in [1.29, 1.82) is 0 Å². The molecular weight excluding hydrogens is 477 g/mol. The molecule has 0 saturated carbocycles. The van der Waals surface area contributed by atoms with Gasteiger partial charge in [0, 0.05) is 17.4 Å². The van der Waals surface area contributed by atoms with Gasteiger partial charge in [0.15, 0.2) is 11.6 Å². The van der Waals surface area contributed by atoms with Gasteiger partial charge in [-0.1, -0.05) is 18.2 Å². The van der Waals surface area contributed by atoms with Gasteiger partial charge in [-0.25, -0.2) is 0 Å². The number of nitro benzene ring substituents is 1. The predicted octanol–water partition coefficient (Wildman–Crippen LogP) is 3.97. The molecule has 3 aliphatic heterocycles. The quantitative estimate of drug-likeness (QED) is 0.338. The molecule has 35 heavy (non-hydrogen) atoms. The summed E-state index contributed by atoms with van der Waals surface area (Å²) in [6.07, 6.45) is -2.70. The van der Waals surface area contributed by atoms with Gasteiger partial charge in [0.25, 0.3) is 13.1 Å². The Labute approximate surface area is 203 Å². The van der Waals surface area contributed by atoms with Gasteiger partial charge in [-0.05, 0) is 52.0 Å². The van der Waals surface area contributed by atoms with Crippen molar-refractivity contribution in [3.05, 3.63) is 64.7 Å². The van der Waals surface area contributed by atoms with Crippen LogP contribution in [0.3, 0.4) is 0 Å². The Morgan fingerprint density at radius 1 is 0.914 bits per heavy atom. The highest BCUT2D eigenvalue weighted by Crippen LogP contribution is 2.61. The van der Waals surface area contributed by atoms with E-state index in [0.717, 1.165) is 0 Å². The fourth-order valence-electron chi connectivity index (χ4n) is 4.71. The zero-order valence-corrected chi connectivity index (χ0v) is 20.8. The normalized spacial score (nSPS) is 35.4. The van der Waals surface area contributed by atoms with Crippen LogP contribution >= 0.6 is 7.37 Å². The highest BCUT2D eigenvalue weighted by Gasteiger charge is 2.64. The molecule has 188 valence electrons. The third-order valence-corrected chi connectivity index (χ3v) is 8.84. The molecular formula is C24H28NO9P. The van der Waals surface area contributed by atoms with E-state index in [1.807, 2.05) is 6.07 Å². The lowest BCUT2D eigenvalue weighted by Gasteiger charge is -2.43. The van der Waals surface area contributed by atoms with Crippen LogP contribution in [0, 0.1) is 10.1 Å². The van der Waals surface area contributed by atoms with Crippen molar-refractivity contribution in [2.45, 2.75) is 69.5 Å². The smallest absolute Gasteiger partial charge is 0.274 e. The van der Waals surface area contributed by atoms with Crippen molar-refractivity contribution in [3.8, 4) is 5.75 Å². The molecule has 6 atom stereocenters.